The molecule has 1 saturated heterocycles. The number of furan rings is 1. The molecule has 156 valence electrons. The van der Waals surface area contributed by atoms with Gasteiger partial charge in [-0.1, -0.05) is 5.21 Å². The zero-order valence-corrected chi connectivity index (χ0v) is 17.2. The van der Waals surface area contributed by atoms with Crippen molar-refractivity contribution in [2.45, 2.75) is 32.2 Å². The van der Waals surface area contributed by atoms with Crippen LogP contribution in [0.1, 0.15) is 33.8 Å². The molecule has 0 N–H and O–H groups in total. The van der Waals surface area contributed by atoms with Crippen LogP contribution in [-0.4, -0.2) is 62.8 Å². The molecule has 30 heavy (non-hydrogen) atoms. The van der Waals surface area contributed by atoms with Gasteiger partial charge < -0.3 is 14.2 Å². The van der Waals surface area contributed by atoms with Crippen molar-refractivity contribution in [1.82, 2.24) is 24.8 Å². The predicted molar refractivity (Wildman–Crippen MR) is 110 cm³/mol. The van der Waals surface area contributed by atoms with Gasteiger partial charge in [-0.3, -0.25) is 14.4 Å². The van der Waals surface area contributed by atoms with E-state index in [1.54, 1.807) is 33.3 Å². The number of hydrogen-bond donors (Lipinski definition) is 0. The van der Waals surface area contributed by atoms with Crippen LogP contribution >= 0.6 is 11.3 Å². The van der Waals surface area contributed by atoms with Crippen molar-refractivity contribution in [2.75, 3.05) is 26.2 Å². The van der Waals surface area contributed by atoms with Crippen LogP contribution in [0.5, 0.6) is 0 Å². The fourth-order valence-corrected chi connectivity index (χ4v) is 5.35. The lowest BCUT2D eigenvalue weighted by Gasteiger charge is -2.34. The monoisotopic (exact) mass is 427 g/mol. The van der Waals surface area contributed by atoms with E-state index in [2.05, 4.69) is 10.3 Å². The highest BCUT2D eigenvalue weighted by Gasteiger charge is 2.27. The Kier molecular flexibility index (Phi) is 4.86. The minimum atomic E-state index is -0.237. The fourth-order valence-electron chi connectivity index (χ4n) is 4.15. The standard InChI is InChI=1S/C20H21N5O4S/c26-16(23-7-9-24(10-8-23)19(27)14-5-3-11-29-14)12-25-20(28)17-13-4-1-2-6-15(13)30-18(17)21-22-25/h3,5,11H,1-2,4,6-10,12H2. The number of fused-ring (bicyclic) bond motifs is 3. The number of rotatable bonds is 3. The van der Waals surface area contributed by atoms with E-state index in [1.807, 2.05) is 0 Å². The molecular formula is C20H21N5O4S. The molecule has 0 aromatic carbocycles. The Morgan fingerprint density at radius 2 is 1.87 bits per heavy atom. The third-order valence-corrected chi connectivity index (χ3v) is 6.96. The van der Waals surface area contributed by atoms with Crippen molar-refractivity contribution in [2.24, 2.45) is 0 Å². The third-order valence-electron chi connectivity index (χ3n) is 5.78. The third kappa shape index (κ3) is 3.30. The fraction of sp³-hybridized carbons (Fsp3) is 0.450. The molecule has 10 heteroatoms. The zero-order valence-electron chi connectivity index (χ0n) is 16.4. The highest BCUT2D eigenvalue weighted by Crippen LogP contribution is 2.33. The Morgan fingerprint density at radius 3 is 2.63 bits per heavy atom. The molecule has 0 radical (unpaired) electrons. The van der Waals surface area contributed by atoms with Crippen LogP contribution in [-0.2, 0) is 24.2 Å². The van der Waals surface area contributed by atoms with E-state index in [0.717, 1.165) is 31.2 Å². The maximum absolute atomic E-state index is 13.0. The molecule has 1 aliphatic heterocycles. The van der Waals surface area contributed by atoms with E-state index in [4.69, 9.17) is 4.42 Å². The molecule has 3 aromatic rings. The highest BCUT2D eigenvalue weighted by molar-refractivity contribution is 7.18. The summed E-state index contributed by atoms with van der Waals surface area (Å²) >= 11 is 1.54. The number of thiophene rings is 1. The van der Waals surface area contributed by atoms with Crippen LogP contribution in [0, 0.1) is 0 Å². The smallest absolute Gasteiger partial charge is 0.289 e. The van der Waals surface area contributed by atoms with Gasteiger partial charge in [-0.05, 0) is 43.4 Å². The summed E-state index contributed by atoms with van der Waals surface area (Å²) in [6.07, 6.45) is 5.54. The molecule has 0 saturated carbocycles. The van der Waals surface area contributed by atoms with Crippen molar-refractivity contribution in [3.63, 3.8) is 0 Å². The zero-order chi connectivity index (χ0) is 20.7. The molecule has 9 nitrogen and oxygen atoms in total. The van der Waals surface area contributed by atoms with Crippen molar-refractivity contribution in [3.05, 3.63) is 45.0 Å². The van der Waals surface area contributed by atoms with E-state index in [0.29, 0.717) is 42.2 Å². The first-order valence-electron chi connectivity index (χ1n) is 10.1. The first-order valence-corrected chi connectivity index (χ1v) is 10.9. The van der Waals surface area contributed by atoms with Crippen LogP contribution in [0.4, 0.5) is 0 Å². The predicted octanol–water partition coefficient (Wildman–Crippen LogP) is 1.31. The Hall–Kier alpha value is -3.01. The summed E-state index contributed by atoms with van der Waals surface area (Å²) in [6.45, 7) is 1.51. The van der Waals surface area contributed by atoms with Gasteiger partial charge >= 0.3 is 0 Å². The lowest BCUT2D eigenvalue weighted by molar-refractivity contribution is -0.133. The van der Waals surface area contributed by atoms with Crippen LogP contribution < -0.4 is 5.56 Å². The number of carbonyl (C=O) groups excluding carboxylic acids is 2. The van der Waals surface area contributed by atoms with Gasteiger partial charge in [0.05, 0.1) is 11.6 Å². The largest absolute Gasteiger partial charge is 0.459 e. The second-order valence-electron chi connectivity index (χ2n) is 7.59. The highest BCUT2D eigenvalue weighted by atomic mass is 32.1. The maximum Gasteiger partial charge on any atom is 0.289 e. The van der Waals surface area contributed by atoms with Gasteiger partial charge in [0.1, 0.15) is 6.54 Å². The summed E-state index contributed by atoms with van der Waals surface area (Å²) in [5.74, 6) is -0.0780. The van der Waals surface area contributed by atoms with Crippen molar-refractivity contribution >= 4 is 33.4 Å². The SMILES string of the molecule is O=C(Cn1nnc2sc3c(c2c1=O)CCCC3)N1CCN(C(=O)c2ccco2)CC1. The van der Waals surface area contributed by atoms with E-state index < -0.39 is 0 Å². The average Bonchev–Trinajstić information content (AvgIpc) is 3.43. The summed E-state index contributed by atoms with van der Waals surface area (Å²) in [4.78, 5) is 43.3. The molecule has 0 spiro atoms. The molecule has 2 aliphatic rings. The normalized spacial score (nSPS) is 16.7. The molecule has 4 heterocycles. The molecular weight excluding hydrogens is 406 g/mol. The minimum absolute atomic E-state index is 0.140. The first-order chi connectivity index (χ1) is 14.6. The van der Waals surface area contributed by atoms with Gasteiger partial charge in [-0.2, -0.15) is 0 Å². The number of hydrogen-bond acceptors (Lipinski definition) is 7. The lowest BCUT2D eigenvalue weighted by Crippen LogP contribution is -2.51. The van der Waals surface area contributed by atoms with Gasteiger partial charge in [0, 0.05) is 31.1 Å². The van der Waals surface area contributed by atoms with Crippen LogP contribution in [0.25, 0.3) is 10.2 Å². The summed E-state index contributed by atoms with van der Waals surface area (Å²) in [6, 6.07) is 3.30. The molecule has 3 aromatic heterocycles. The lowest BCUT2D eigenvalue weighted by atomic mass is 9.97. The van der Waals surface area contributed by atoms with Crippen molar-refractivity contribution in [1.29, 1.82) is 0 Å². The Labute approximate surface area is 175 Å². The quantitative estimate of drug-likeness (QED) is 0.625. The number of carbonyl (C=O) groups is 2. The Balaban J connectivity index is 1.28. The van der Waals surface area contributed by atoms with E-state index in [1.165, 1.54) is 15.8 Å². The van der Waals surface area contributed by atoms with E-state index in [9.17, 15) is 14.4 Å². The first kappa shape index (κ1) is 19.0. The molecule has 0 unspecified atom stereocenters. The topological polar surface area (TPSA) is 102 Å². The second kappa shape index (κ2) is 7.67. The summed E-state index contributed by atoms with van der Waals surface area (Å²) in [5, 5.41) is 8.84. The molecule has 0 atom stereocenters. The Bertz CT molecular complexity index is 1160. The maximum atomic E-state index is 13.0. The van der Waals surface area contributed by atoms with E-state index in [-0.39, 0.29) is 23.9 Å². The molecule has 0 bridgehead atoms. The number of aromatic nitrogens is 3. The number of nitrogens with zero attached hydrogens (tertiary/aromatic N) is 5. The minimum Gasteiger partial charge on any atom is -0.459 e. The molecule has 1 aliphatic carbocycles. The van der Waals surface area contributed by atoms with Gasteiger partial charge in [-0.25, -0.2) is 4.68 Å². The number of piperazine rings is 1. The number of amides is 2. The average molecular weight is 427 g/mol. The van der Waals surface area contributed by atoms with Crippen LogP contribution in [0.2, 0.25) is 0 Å². The van der Waals surface area contributed by atoms with Gasteiger partial charge in [-0.15, -0.1) is 16.4 Å². The molecule has 2 amide bonds. The van der Waals surface area contributed by atoms with Gasteiger partial charge in [0.15, 0.2) is 10.6 Å². The second-order valence-corrected chi connectivity index (χ2v) is 8.68. The summed E-state index contributed by atoms with van der Waals surface area (Å²) in [7, 11) is 0. The van der Waals surface area contributed by atoms with Crippen molar-refractivity contribution < 1.29 is 14.0 Å². The van der Waals surface area contributed by atoms with Gasteiger partial charge in [0.25, 0.3) is 11.5 Å². The molecule has 1 fully saturated rings. The van der Waals surface area contributed by atoms with Crippen LogP contribution in [0.3, 0.4) is 0 Å². The summed E-state index contributed by atoms with van der Waals surface area (Å²) in [5.41, 5.74) is 0.854. The van der Waals surface area contributed by atoms with Crippen LogP contribution in [0.15, 0.2) is 27.6 Å². The van der Waals surface area contributed by atoms with E-state index >= 15 is 0 Å². The number of aryl methyl sites for hydroxylation is 2. The van der Waals surface area contributed by atoms with Gasteiger partial charge in [0.2, 0.25) is 5.91 Å². The summed E-state index contributed by atoms with van der Waals surface area (Å²) < 4.78 is 6.33. The van der Waals surface area contributed by atoms with Crippen molar-refractivity contribution in [3.8, 4) is 0 Å². The Morgan fingerprint density at radius 1 is 1.10 bits per heavy atom. The molecule has 5 rings (SSSR count).